The molecular formula is C8H13N3OS. The molecule has 0 aliphatic carbocycles. The summed E-state index contributed by atoms with van der Waals surface area (Å²) in [6.07, 6.45) is 4.59. The first kappa shape index (κ1) is 9.05. The summed E-state index contributed by atoms with van der Waals surface area (Å²) in [5.74, 6) is 0. The van der Waals surface area contributed by atoms with Gasteiger partial charge in [0.15, 0.2) is 0 Å². The van der Waals surface area contributed by atoms with Crippen LogP contribution in [0.3, 0.4) is 0 Å². The number of rotatable bonds is 4. The van der Waals surface area contributed by atoms with E-state index in [1.807, 2.05) is 0 Å². The summed E-state index contributed by atoms with van der Waals surface area (Å²) in [5.41, 5.74) is 1.02. The third-order valence-corrected chi connectivity index (χ3v) is 2.62. The fraction of sp³-hybridized carbons (Fsp3) is 0.750. The highest BCUT2D eigenvalue weighted by Crippen LogP contribution is 2.10. The predicted molar refractivity (Wildman–Crippen MR) is 50.6 cm³/mol. The van der Waals surface area contributed by atoms with Crippen LogP contribution in [0.5, 0.6) is 0 Å². The molecule has 0 spiro atoms. The molecule has 1 unspecified atom stereocenters. The van der Waals surface area contributed by atoms with Gasteiger partial charge < -0.3 is 10.1 Å². The summed E-state index contributed by atoms with van der Waals surface area (Å²) in [7, 11) is 0. The Morgan fingerprint density at radius 2 is 2.69 bits per heavy atom. The van der Waals surface area contributed by atoms with Gasteiger partial charge in [-0.15, -0.1) is 0 Å². The zero-order valence-corrected chi connectivity index (χ0v) is 8.22. The Bertz CT molecular complexity index is 234. The van der Waals surface area contributed by atoms with Crippen molar-refractivity contribution in [2.45, 2.75) is 25.5 Å². The van der Waals surface area contributed by atoms with E-state index in [9.17, 15) is 0 Å². The van der Waals surface area contributed by atoms with Gasteiger partial charge in [0.1, 0.15) is 0 Å². The van der Waals surface area contributed by atoms with Gasteiger partial charge in [-0.3, -0.25) is 0 Å². The Morgan fingerprint density at radius 1 is 1.69 bits per heavy atom. The van der Waals surface area contributed by atoms with Crippen LogP contribution in [-0.2, 0) is 11.3 Å². The molecule has 2 rings (SSSR count). The van der Waals surface area contributed by atoms with Crippen LogP contribution < -0.4 is 5.32 Å². The average molecular weight is 199 g/mol. The molecule has 1 fully saturated rings. The van der Waals surface area contributed by atoms with Gasteiger partial charge in [0.2, 0.25) is 0 Å². The van der Waals surface area contributed by atoms with Crippen LogP contribution in [0.4, 0.5) is 0 Å². The minimum Gasteiger partial charge on any atom is -0.377 e. The van der Waals surface area contributed by atoms with Crippen LogP contribution in [0.2, 0.25) is 0 Å². The molecule has 1 saturated heterocycles. The predicted octanol–water partition coefficient (Wildman–Crippen LogP) is 0.807. The van der Waals surface area contributed by atoms with Crippen molar-refractivity contribution in [2.75, 3.05) is 13.2 Å². The van der Waals surface area contributed by atoms with Crippen molar-refractivity contribution >= 4 is 11.7 Å². The Labute approximate surface area is 81.6 Å². The maximum Gasteiger partial charge on any atom is 0.0880 e. The molecule has 1 aliphatic rings. The molecule has 1 aliphatic heterocycles. The normalized spacial score (nSPS) is 22.3. The van der Waals surface area contributed by atoms with Crippen LogP contribution in [-0.4, -0.2) is 28.0 Å². The van der Waals surface area contributed by atoms with E-state index in [0.29, 0.717) is 6.10 Å². The average Bonchev–Trinajstić information content (AvgIpc) is 2.75. The number of aromatic nitrogens is 2. The second-order valence-corrected chi connectivity index (χ2v) is 3.72. The van der Waals surface area contributed by atoms with E-state index < -0.39 is 0 Å². The Hall–Kier alpha value is -0.520. The number of nitrogens with one attached hydrogen (secondary N) is 1. The molecule has 1 atom stereocenters. The van der Waals surface area contributed by atoms with Crippen LogP contribution in [0.25, 0.3) is 0 Å². The fourth-order valence-electron chi connectivity index (χ4n) is 1.43. The Balaban J connectivity index is 1.63. The van der Waals surface area contributed by atoms with Gasteiger partial charge >= 0.3 is 0 Å². The molecule has 72 valence electrons. The minimum atomic E-state index is 0.409. The molecule has 13 heavy (non-hydrogen) atoms. The van der Waals surface area contributed by atoms with E-state index in [4.69, 9.17) is 4.74 Å². The zero-order valence-electron chi connectivity index (χ0n) is 7.40. The zero-order chi connectivity index (χ0) is 8.93. The molecule has 0 amide bonds. The van der Waals surface area contributed by atoms with E-state index in [2.05, 4.69) is 14.1 Å². The lowest BCUT2D eigenvalue weighted by Gasteiger charge is -2.08. The van der Waals surface area contributed by atoms with Crippen LogP contribution in [0.15, 0.2) is 6.20 Å². The molecule has 2 heterocycles. The van der Waals surface area contributed by atoms with Crippen molar-refractivity contribution in [3.05, 3.63) is 11.9 Å². The first-order chi connectivity index (χ1) is 6.45. The lowest BCUT2D eigenvalue weighted by molar-refractivity contribution is 0.110. The Morgan fingerprint density at radius 3 is 3.38 bits per heavy atom. The van der Waals surface area contributed by atoms with Gasteiger partial charge in [0.05, 0.1) is 29.7 Å². The topological polar surface area (TPSA) is 47.0 Å². The van der Waals surface area contributed by atoms with E-state index >= 15 is 0 Å². The summed E-state index contributed by atoms with van der Waals surface area (Å²) in [4.78, 5) is 0. The van der Waals surface area contributed by atoms with Crippen LogP contribution in [0, 0.1) is 0 Å². The smallest absolute Gasteiger partial charge is 0.0880 e. The molecule has 0 aromatic carbocycles. The van der Waals surface area contributed by atoms with Crippen LogP contribution in [0.1, 0.15) is 18.5 Å². The molecule has 5 heteroatoms. The maximum absolute atomic E-state index is 5.48. The third kappa shape index (κ3) is 2.72. The van der Waals surface area contributed by atoms with Crippen molar-refractivity contribution in [2.24, 2.45) is 0 Å². The van der Waals surface area contributed by atoms with Gasteiger partial charge in [-0.1, -0.05) is 0 Å². The highest BCUT2D eigenvalue weighted by molar-refractivity contribution is 6.99. The number of hydrogen-bond donors (Lipinski definition) is 1. The minimum absolute atomic E-state index is 0.409. The molecule has 4 nitrogen and oxygen atoms in total. The molecule has 0 saturated carbocycles. The molecule has 1 N–H and O–H groups in total. The summed E-state index contributed by atoms with van der Waals surface area (Å²) >= 11 is 1.25. The molecule has 1 aromatic heterocycles. The Kier molecular flexibility index (Phi) is 3.23. The maximum atomic E-state index is 5.48. The summed E-state index contributed by atoms with van der Waals surface area (Å²) in [5, 5.41) is 3.31. The van der Waals surface area contributed by atoms with Gasteiger partial charge in [-0.2, -0.15) is 8.75 Å². The van der Waals surface area contributed by atoms with E-state index in [0.717, 1.165) is 25.4 Å². The summed E-state index contributed by atoms with van der Waals surface area (Å²) < 4.78 is 13.5. The lowest BCUT2D eigenvalue weighted by atomic mass is 10.2. The quantitative estimate of drug-likeness (QED) is 0.779. The van der Waals surface area contributed by atoms with Crippen molar-refractivity contribution in [1.29, 1.82) is 0 Å². The highest BCUT2D eigenvalue weighted by atomic mass is 32.1. The van der Waals surface area contributed by atoms with Crippen LogP contribution >= 0.6 is 11.7 Å². The number of nitrogens with zero attached hydrogens (tertiary/aromatic N) is 2. The summed E-state index contributed by atoms with van der Waals surface area (Å²) in [6.45, 7) is 2.65. The van der Waals surface area contributed by atoms with E-state index in [1.165, 1.54) is 24.6 Å². The second-order valence-electron chi connectivity index (χ2n) is 3.16. The molecule has 0 radical (unpaired) electrons. The number of ether oxygens (including phenoxy) is 1. The standard InChI is InChI=1S/C8H13N3OS/c1-2-8(12-3-1)6-9-4-7-5-10-13-11-7/h5,8-9H,1-4,6H2. The molecule has 0 bridgehead atoms. The van der Waals surface area contributed by atoms with Gasteiger partial charge in [-0.05, 0) is 12.8 Å². The SMILES string of the molecule is c1nsnc1CNCC1CCCO1. The van der Waals surface area contributed by atoms with Gasteiger partial charge in [0, 0.05) is 19.7 Å². The third-order valence-electron chi connectivity index (χ3n) is 2.11. The van der Waals surface area contributed by atoms with Crippen molar-refractivity contribution < 1.29 is 4.74 Å². The summed E-state index contributed by atoms with van der Waals surface area (Å²) in [6, 6.07) is 0. The lowest BCUT2D eigenvalue weighted by Crippen LogP contribution is -2.25. The van der Waals surface area contributed by atoms with Crippen molar-refractivity contribution in [3.63, 3.8) is 0 Å². The van der Waals surface area contributed by atoms with Gasteiger partial charge in [-0.25, -0.2) is 0 Å². The number of hydrogen-bond acceptors (Lipinski definition) is 5. The van der Waals surface area contributed by atoms with Crippen molar-refractivity contribution in [3.8, 4) is 0 Å². The second kappa shape index (κ2) is 4.64. The highest BCUT2D eigenvalue weighted by Gasteiger charge is 2.14. The largest absolute Gasteiger partial charge is 0.377 e. The van der Waals surface area contributed by atoms with Gasteiger partial charge in [0.25, 0.3) is 0 Å². The molecular weight excluding hydrogens is 186 g/mol. The van der Waals surface area contributed by atoms with Crippen molar-refractivity contribution in [1.82, 2.24) is 14.1 Å². The first-order valence-corrected chi connectivity index (χ1v) is 5.27. The first-order valence-electron chi connectivity index (χ1n) is 4.54. The fourth-order valence-corrected chi connectivity index (χ4v) is 1.86. The van der Waals surface area contributed by atoms with E-state index in [-0.39, 0.29) is 0 Å². The molecule has 1 aromatic rings. The monoisotopic (exact) mass is 199 g/mol. The van der Waals surface area contributed by atoms with E-state index in [1.54, 1.807) is 6.20 Å².